The second-order valence-corrected chi connectivity index (χ2v) is 9.20. The van der Waals surface area contributed by atoms with Crippen LogP contribution in [0, 0.1) is 5.92 Å². The van der Waals surface area contributed by atoms with Crippen molar-refractivity contribution >= 4 is 28.5 Å². The molecule has 1 unspecified atom stereocenters. The van der Waals surface area contributed by atoms with Gasteiger partial charge in [-0.1, -0.05) is 49.1 Å². The highest BCUT2D eigenvalue weighted by atomic mass is 35.5. The van der Waals surface area contributed by atoms with E-state index in [-0.39, 0.29) is 17.4 Å². The zero-order valence-electron chi connectivity index (χ0n) is 18.7. The van der Waals surface area contributed by atoms with E-state index >= 15 is 0 Å². The summed E-state index contributed by atoms with van der Waals surface area (Å²) in [5, 5.41) is 16.3. The van der Waals surface area contributed by atoms with Crippen LogP contribution in [0.3, 0.4) is 0 Å². The molecule has 0 aliphatic heterocycles. The smallest absolute Gasteiger partial charge is 0.341 e. The van der Waals surface area contributed by atoms with Crippen molar-refractivity contribution in [2.45, 2.75) is 38.0 Å². The van der Waals surface area contributed by atoms with Crippen molar-refractivity contribution in [2.75, 3.05) is 6.61 Å². The van der Waals surface area contributed by atoms with Gasteiger partial charge in [-0.3, -0.25) is 0 Å². The second kappa shape index (κ2) is 9.85. The summed E-state index contributed by atoms with van der Waals surface area (Å²) in [5.41, 5.74) is 3.00. The fourth-order valence-corrected chi connectivity index (χ4v) is 5.13. The fourth-order valence-electron chi connectivity index (χ4n) is 5.00. The van der Waals surface area contributed by atoms with E-state index in [9.17, 15) is 9.90 Å². The molecule has 2 aromatic heterocycles. The zero-order chi connectivity index (χ0) is 23.5. The maximum atomic E-state index is 11.7. The van der Waals surface area contributed by atoms with Gasteiger partial charge < -0.3 is 9.84 Å². The molecule has 0 radical (unpaired) electrons. The van der Waals surface area contributed by atoms with Crippen LogP contribution in [0.15, 0.2) is 66.9 Å². The molecule has 1 aliphatic carbocycles. The van der Waals surface area contributed by atoms with E-state index in [2.05, 4.69) is 11.1 Å². The number of hydrogen-bond donors (Lipinski definition) is 1. The van der Waals surface area contributed by atoms with Crippen LogP contribution in [-0.2, 0) is 0 Å². The summed E-state index contributed by atoms with van der Waals surface area (Å²) < 4.78 is 8.14. The number of benzene rings is 2. The van der Waals surface area contributed by atoms with Crippen LogP contribution in [0.5, 0.6) is 5.88 Å². The topological polar surface area (TPSA) is 77.2 Å². The largest absolute Gasteiger partial charge is 0.477 e. The van der Waals surface area contributed by atoms with Crippen LogP contribution in [-0.4, -0.2) is 32.4 Å². The number of nitrogens with zero attached hydrogens (tertiary/aromatic N) is 3. The number of carbonyl (C=O) groups is 1. The minimum atomic E-state index is -1.05. The highest BCUT2D eigenvalue weighted by Crippen LogP contribution is 2.40. The summed E-state index contributed by atoms with van der Waals surface area (Å²) in [6, 6.07) is 18.9. The number of aromatic nitrogens is 3. The van der Waals surface area contributed by atoms with Gasteiger partial charge in [-0.2, -0.15) is 5.10 Å². The third-order valence-electron chi connectivity index (χ3n) is 6.66. The van der Waals surface area contributed by atoms with E-state index in [0.717, 1.165) is 35.1 Å². The summed E-state index contributed by atoms with van der Waals surface area (Å²) in [6.45, 7) is 0.325. The minimum absolute atomic E-state index is 0.0204. The van der Waals surface area contributed by atoms with Crippen molar-refractivity contribution in [1.29, 1.82) is 0 Å². The van der Waals surface area contributed by atoms with Gasteiger partial charge in [-0.15, -0.1) is 0 Å². The number of ether oxygens (including phenoxy) is 1. The molecule has 4 aromatic rings. The lowest BCUT2D eigenvalue weighted by atomic mass is 9.78. The van der Waals surface area contributed by atoms with E-state index in [1.807, 2.05) is 47.1 Å². The Kier molecular flexibility index (Phi) is 6.50. The van der Waals surface area contributed by atoms with Crippen molar-refractivity contribution < 1.29 is 14.6 Å². The Bertz CT molecular complexity index is 1300. The average molecular weight is 476 g/mol. The number of pyridine rings is 1. The van der Waals surface area contributed by atoms with Gasteiger partial charge in [0.15, 0.2) is 0 Å². The molecule has 2 aromatic carbocycles. The van der Waals surface area contributed by atoms with Crippen molar-refractivity contribution in [3.05, 3.63) is 83.1 Å². The van der Waals surface area contributed by atoms with Gasteiger partial charge >= 0.3 is 5.97 Å². The van der Waals surface area contributed by atoms with Crippen molar-refractivity contribution in [2.24, 2.45) is 5.92 Å². The van der Waals surface area contributed by atoms with Crippen LogP contribution < -0.4 is 4.74 Å². The summed E-state index contributed by atoms with van der Waals surface area (Å²) >= 11 is 6.16. The first-order valence-corrected chi connectivity index (χ1v) is 12.0. The number of fused-ring (bicyclic) bond motifs is 1. The van der Waals surface area contributed by atoms with Crippen LogP contribution in [0.25, 0.3) is 16.6 Å². The van der Waals surface area contributed by atoms with E-state index in [0.29, 0.717) is 17.5 Å². The van der Waals surface area contributed by atoms with Gasteiger partial charge in [0.05, 0.1) is 23.5 Å². The molecule has 174 valence electrons. The maximum absolute atomic E-state index is 11.7. The van der Waals surface area contributed by atoms with Crippen molar-refractivity contribution in [3.8, 4) is 11.6 Å². The van der Waals surface area contributed by atoms with E-state index in [1.54, 1.807) is 12.3 Å². The predicted octanol–water partition coefficient (Wildman–Crippen LogP) is 6.52. The van der Waals surface area contributed by atoms with Gasteiger partial charge in [0.25, 0.3) is 0 Å². The van der Waals surface area contributed by atoms with Crippen molar-refractivity contribution in [1.82, 2.24) is 14.8 Å². The van der Waals surface area contributed by atoms with Gasteiger partial charge in [-0.25, -0.2) is 14.5 Å². The third kappa shape index (κ3) is 4.50. The second-order valence-electron chi connectivity index (χ2n) is 8.77. The Hall–Kier alpha value is -3.38. The number of halogens is 1. The Morgan fingerprint density at radius 2 is 1.82 bits per heavy atom. The van der Waals surface area contributed by atoms with Crippen LogP contribution in [0.2, 0.25) is 5.02 Å². The van der Waals surface area contributed by atoms with Crippen molar-refractivity contribution in [3.63, 3.8) is 0 Å². The molecule has 5 rings (SSSR count). The van der Waals surface area contributed by atoms with Crippen LogP contribution in [0.4, 0.5) is 0 Å². The molecule has 7 heteroatoms. The highest BCUT2D eigenvalue weighted by Gasteiger charge is 2.31. The lowest BCUT2D eigenvalue weighted by Gasteiger charge is -2.31. The summed E-state index contributed by atoms with van der Waals surface area (Å²) in [6.07, 6.45) is 7.36. The molecule has 0 spiro atoms. The van der Waals surface area contributed by atoms with Gasteiger partial charge in [0.2, 0.25) is 5.88 Å². The molecular formula is C27H26ClN3O3. The molecule has 6 nitrogen and oxygen atoms in total. The van der Waals surface area contributed by atoms with E-state index in [1.165, 1.54) is 25.3 Å². The van der Waals surface area contributed by atoms with Crippen LogP contribution >= 0.6 is 11.6 Å². The standard InChI is InChI=1S/C27H26ClN3O3/c28-19-12-14-20(15-13-19)31-25(21-9-4-5-11-24(21)30-31)23(18-7-2-1-3-8-18)17-34-26-22(27(32)33)10-6-16-29-26/h4-6,9-16,18,23H,1-3,7-8,17H2,(H,32,33). The molecule has 2 heterocycles. The molecular weight excluding hydrogens is 450 g/mol. The minimum Gasteiger partial charge on any atom is -0.477 e. The number of aromatic carboxylic acids is 1. The molecule has 0 bridgehead atoms. The quantitative estimate of drug-likeness (QED) is 0.329. The zero-order valence-corrected chi connectivity index (χ0v) is 19.5. The molecule has 1 atom stereocenters. The normalized spacial score (nSPS) is 15.3. The first kappa shape index (κ1) is 22.4. The number of carboxylic acid groups (broad SMARTS) is 1. The third-order valence-corrected chi connectivity index (χ3v) is 6.91. The summed E-state index contributed by atoms with van der Waals surface area (Å²) in [5.74, 6) is -0.476. The Balaban J connectivity index is 1.60. The Labute approximate surface area is 203 Å². The monoisotopic (exact) mass is 475 g/mol. The fraction of sp³-hybridized carbons (Fsp3) is 0.296. The molecule has 1 N–H and O–H groups in total. The first-order chi connectivity index (χ1) is 16.6. The average Bonchev–Trinajstić information content (AvgIpc) is 3.25. The lowest BCUT2D eigenvalue weighted by molar-refractivity contribution is 0.0690. The Morgan fingerprint density at radius 3 is 2.59 bits per heavy atom. The maximum Gasteiger partial charge on any atom is 0.341 e. The van der Waals surface area contributed by atoms with Gasteiger partial charge in [0, 0.05) is 22.5 Å². The Morgan fingerprint density at radius 1 is 1.06 bits per heavy atom. The van der Waals surface area contributed by atoms with E-state index < -0.39 is 5.97 Å². The summed E-state index contributed by atoms with van der Waals surface area (Å²) in [7, 11) is 0. The van der Waals surface area contributed by atoms with Gasteiger partial charge in [0.1, 0.15) is 5.56 Å². The van der Waals surface area contributed by atoms with Crippen LogP contribution in [0.1, 0.15) is 54.1 Å². The molecule has 1 saturated carbocycles. The molecule has 0 amide bonds. The number of carboxylic acids is 1. The number of rotatable bonds is 7. The molecule has 34 heavy (non-hydrogen) atoms. The lowest BCUT2D eigenvalue weighted by Crippen LogP contribution is -2.25. The SMILES string of the molecule is O=C(O)c1cccnc1OCC(c1c2ccccc2nn1-c1ccc(Cl)cc1)C1CCCCC1. The van der Waals surface area contributed by atoms with E-state index in [4.69, 9.17) is 21.4 Å². The first-order valence-electron chi connectivity index (χ1n) is 11.7. The molecule has 1 fully saturated rings. The predicted molar refractivity (Wildman–Crippen MR) is 132 cm³/mol. The van der Waals surface area contributed by atoms with Gasteiger partial charge in [-0.05, 0) is 61.2 Å². The number of hydrogen-bond acceptors (Lipinski definition) is 4. The highest BCUT2D eigenvalue weighted by molar-refractivity contribution is 6.30. The molecule has 0 saturated heterocycles. The summed E-state index contributed by atoms with van der Waals surface area (Å²) in [4.78, 5) is 15.9. The molecule has 1 aliphatic rings.